The fourth-order valence-electron chi connectivity index (χ4n) is 4.02. The van der Waals surface area contributed by atoms with Gasteiger partial charge in [-0.1, -0.05) is 24.3 Å². The van der Waals surface area contributed by atoms with Gasteiger partial charge in [0.2, 0.25) is 0 Å². The van der Waals surface area contributed by atoms with Crippen LogP contribution in [-0.4, -0.2) is 50.8 Å². The molecule has 0 aromatic heterocycles. The van der Waals surface area contributed by atoms with E-state index in [1.807, 2.05) is 0 Å². The van der Waals surface area contributed by atoms with Crippen LogP contribution in [0.2, 0.25) is 0 Å². The molecule has 4 atom stereocenters. The van der Waals surface area contributed by atoms with Gasteiger partial charge in [-0.05, 0) is 33.0 Å². The van der Waals surface area contributed by atoms with Crippen LogP contribution in [0.5, 0.6) is 0 Å². The first-order valence-electron chi connectivity index (χ1n) is 9.84. The smallest absolute Gasteiger partial charge is 0.0850 e. The van der Waals surface area contributed by atoms with Crippen molar-refractivity contribution in [3.05, 3.63) is 46.5 Å². The highest BCUT2D eigenvalue weighted by Gasteiger charge is 2.29. The maximum atomic E-state index is 5.49. The van der Waals surface area contributed by atoms with Crippen LogP contribution in [0.15, 0.2) is 24.3 Å². The summed E-state index contributed by atoms with van der Waals surface area (Å²) in [6, 6.07) is 9.57. The molecule has 4 nitrogen and oxygen atoms in total. The standard InChI is InChI=1S/C22H24O4/c1-13-2-17(7-21-11-25-21)18(8-22-12-26-22)4-14(13)3-16(6-20-10-24-20)15(1)5-19-9-23-19/h1-4,19-22H,5-12H2. The van der Waals surface area contributed by atoms with E-state index in [1.165, 1.54) is 33.0 Å². The Morgan fingerprint density at radius 1 is 0.500 bits per heavy atom. The predicted octanol–water partition coefficient (Wildman–Crippen LogP) is 2.61. The highest BCUT2D eigenvalue weighted by atomic mass is 16.6. The summed E-state index contributed by atoms with van der Waals surface area (Å²) in [4.78, 5) is 0. The van der Waals surface area contributed by atoms with E-state index in [0.717, 1.165) is 52.1 Å². The number of ether oxygens (including phenoxy) is 4. The Morgan fingerprint density at radius 3 is 0.923 bits per heavy atom. The Kier molecular flexibility index (Phi) is 3.61. The van der Waals surface area contributed by atoms with E-state index < -0.39 is 0 Å². The molecule has 4 aliphatic rings. The van der Waals surface area contributed by atoms with E-state index in [1.54, 1.807) is 0 Å². The van der Waals surface area contributed by atoms with E-state index in [0.29, 0.717) is 24.4 Å². The molecule has 4 saturated heterocycles. The van der Waals surface area contributed by atoms with Crippen molar-refractivity contribution in [1.29, 1.82) is 0 Å². The zero-order valence-electron chi connectivity index (χ0n) is 14.9. The largest absolute Gasteiger partial charge is 0.373 e. The van der Waals surface area contributed by atoms with E-state index in [-0.39, 0.29) is 0 Å². The van der Waals surface area contributed by atoms with Gasteiger partial charge in [0, 0.05) is 25.7 Å². The predicted molar refractivity (Wildman–Crippen MR) is 97.7 cm³/mol. The quantitative estimate of drug-likeness (QED) is 0.685. The number of rotatable bonds is 8. The molecule has 4 unspecified atom stereocenters. The molecular formula is C22H24O4. The molecule has 136 valence electrons. The SMILES string of the molecule is c1c(CC2CO2)c(CC2CO2)cc2cc(CC3CO3)c(CC3CO3)cc12. The minimum absolute atomic E-state index is 0.414. The zero-order chi connectivity index (χ0) is 17.1. The fraction of sp³-hybridized carbons (Fsp3) is 0.545. The lowest BCUT2D eigenvalue weighted by molar-refractivity contribution is 0.401. The molecule has 2 aromatic rings. The van der Waals surface area contributed by atoms with Gasteiger partial charge in [-0.3, -0.25) is 0 Å². The number of epoxide rings is 4. The van der Waals surface area contributed by atoms with Crippen LogP contribution in [0.3, 0.4) is 0 Å². The van der Waals surface area contributed by atoms with Crippen molar-refractivity contribution in [3.8, 4) is 0 Å². The lowest BCUT2D eigenvalue weighted by Gasteiger charge is -2.14. The number of hydrogen-bond acceptors (Lipinski definition) is 4. The summed E-state index contributed by atoms with van der Waals surface area (Å²) in [7, 11) is 0. The monoisotopic (exact) mass is 352 g/mol. The van der Waals surface area contributed by atoms with Crippen molar-refractivity contribution in [2.24, 2.45) is 0 Å². The maximum Gasteiger partial charge on any atom is 0.0850 e. The van der Waals surface area contributed by atoms with Crippen LogP contribution >= 0.6 is 0 Å². The zero-order valence-corrected chi connectivity index (χ0v) is 14.9. The van der Waals surface area contributed by atoms with Gasteiger partial charge in [-0.2, -0.15) is 0 Å². The summed E-state index contributed by atoms with van der Waals surface area (Å²) >= 11 is 0. The summed E-state index contributed by atoms with van der Waals surface area (Å²) in [5, 5.41) is 2.69. The molecule has 0 saturated carbocycles. The summed E-state index contributed by atoms with van der Waals surface area (Å²) < 4.78 is 22.0. The van der Waals surface area contributed by atoms with Crippen molar-refractivity contribution in [3.63, 3.8) is 0 Å². The molecule has 26 heavy (non-hydrogen) atoms. The molecule has 2 aromatic carbocycles. The third-order valence-electron chi connectivity index (χ3n) is 5.88. The van der Waals surface area contributed by atoms with Crippen molar-refractivity contribution in [1.82, 2.24) is 0 Å². The van der Waals surface area contributed by atoms with Gasteiger partial charge in [-0.25, -0.2) is 0 Å². The second-order valence-corrected chi connectivity index (χ2v) is 8.23. The molecule has 0 N–H and O–H groups in total. The van der Waals surface area contributed by atoms with Gasteiger partial charge in [0.25, 0.3) is 0 Å². The first-order valence-corrected chi connectivity index (χ1v) is 9.84. The average Bonchev–Trinajstić information content (AvgIpc) is 3.41. The molecule has 4 heterocycles. The molecule has 0 spiro atoms. The Balaban J connectivity index is 1.40. The molecule has 6 rings (SSSR count). The van der Waals surface area contributed by atoms with Crippen LogP contribution in [0.4, 0.5) is 0 Å². The number of benzene rings is 2. The summed E-state index contributed by atoms with van der Waals surface area (Å²) in [6.45, 7) is 3.62. The highest BCUT2D eigenvalue weighted by Crippen LogP contribution is 2.32. The molecule has 0 radical (unpaired) electrons. The van der Waals surface area contributed by atoms with Crippen molar-refractivity contribution < 1.29 is 18.9 Å². The Hall–Kier alpha value is -1.46. The van der Waals surface area contributed by atoms with Gasteiger partial charge in [0.1, 0.15) is 0 Å². The third-order valence-corrected chi connectivity index (χ3v) is 5.88. The first kappa shape index (κ1) is 15.6. The summed E-state index contributed by atoms with van der Waals surface area (Å²) in [5.41, 5.74) is 5.73. The van der Waals surface area contributed by atoms with E-state index in [9.17, 15) is 0 Å². The number of fused-ring (bicyclic) bond motifs is 1. The van der Waals surface area contributed by atoms with E-state index >= 15 is 0 Å². The molecule has 0 aliphatic carbocycles. The van der Waals surface area contributed by atoms with Gasteiger partial charge in [0.05, 0.1) is 50.8 Å². The van der Waals surface area contributed by atoms with Crippen molar-refractivity contribution >= 4 is 10.8 Å². The normalized spacial score (nSPS) is 31.2. The molecular weight excluding hydrogens is 328 g/mol. The second-order valence-electron chi connectivity index (χ2n) is 8.23. The minimum atomic E-state index is 0.414. The number of hydrogen-bond donors (Lipinski definition) is 0. The summed E-state index contributed by atoms with van der Waals surface area (Å²) in [6.07, 6.45) is 5.75. The maximum absolute atomic E-state index is 5.49. The second kappa shape index (κ2) is 6.03. The third kappa shape index (κ3) is 3.52. The Bertz CT molecular complexity index is 708. The van der Waals surface area contributed by atoms with E-state index in [2.05, 4.69) is 24.3 Å². The lowest BCUT2D eigenvalue weighted by atomic mass is 9.90. The molecule has 4 aliphatic heterocycles. The van der Waals surface area contributed by atoms with Gasteiger partial charge in [-0.15, -0.1) is 0 Å². The Labute approximate surface area is 153 Å². The van der Waals surface area contributed by atoms with Gasteiger partial charge >= 0.3 is 0 Å². The van der Waals surface area contributed by atoms with Gasteiger partial charge in [0.15, 0.2) is 0 Å². The van der Waals surface area contributed by atoms with Crippen molar-refractivity contribution in [2.75, 3.05) is 26.4 Å². The van der Waals surface area contributed by atoms with Crippen LogP contribution in [0.1, 0.15) is 22.3 Å². The average molecular weight is 352 g/mol. The topological polar surface area (TPSA) is 50.1 Å². The van der Waals surface area contributed by atoms with E-state index in [4.69, 9.17) is 18.9 Å². The molecule has 0 amide bonds. The fourth-order valence-corrected chi connectivity index (χ4v) is 4.02. The van der Waals surface area contributed by atoms with Crippen LogP contribution < -0.4 is 0 Å². The molecule has 4 fully saturated rings. The van der Waals surface area contributed by atoms with Crippen molar-refractivity contribution in [2.45, 2.75) is 50.1 Å². The molecule has 4 heteroatoms. The van der Waals surface area contributed by atoms with Crippen LogP contribution in [-0.2, 0) is 44.6 Å². The summed E-state index contributed by atoms with van der Waals surface area (Å²) in [5.74, 6) is 0. The Morgan fingerprint density at radius 2 is 0.731 bits per heavy atom. The first-order chi connectivity index (χ1) is 12.8. The van der Waals surface area contributed by atoms with Crippen LogP contribution in [0.25, 0.3) is 10.8 Å². The molecule has 0 bridgehead atoms. The minimum Gasteiger partial charge on any atom is -0.373 e. The van der Waals surface area contributed by atoms with Crippen LogP contribution in [0, 0.1) is 0 Å². The lowest BCUT2D eigenvalue weighted by Crippen LogP contribution is -2.05. The van der Waals surface area contributed by atoms with Gasteiger partial charge < -0.3 is 18.9 Å². The highest BCUT2D eigenvalue weighted by molar-refractivity contribution is 5.86.